The highest BCUT2D eigenvalue weighted by molar-refractivity contribution is 5.97. The molecule has 8 nitrogen and oxygen atoms in total. The van der Waals surface area contributed by atoms with Gasteiger partial charge in [0.2, 0.25) is 0 Å². The Balaban J connectivity index is 1.97. The maximum atomic E-state index is 13.0. The van der Waals surface area contributed by atoms with E-state index < -0.39 is 5.97 Å². The van der Waals surface area contributed by atoms with Gasteiger partial charge in [-0.25, -0.2) is 0 Å². The lowest BCUT2D eigenvalue weighted by molar-refractivity contribution is -0.138. The summed E-state index contributed by atoms with van der Waals surface area (Å²) < 4.78 is 16.7. The number of carboxylic acid groups (broad SMARTS) is 1. The first-order valence-corrected chi connectivity index (χ1v) is 9.12. The van der Waals surface area contributed by atoms with Crippen LogP contribution in [0.25, 0.3) is 0 Å². The van der Waals surface area contributed by atoms with E-state index in [1.54, 1.807) is 35.0 Å². The molecule has 1 saturated heterocycles. The molecule has 1 unspecified atom stereocenters. The van der Waals surface area contributed by atoms with Crippen molar-refractivity contribution in [3.05, 3.63) is 29.8 Å². The largest absolute Gasteiger partial charge is 0.490 e. The van der Waals surface area contributed by atoms with Gasteiger partial charge in [0.15, 0.2) is 0 Å². The van der Waals surface area contributed by atoms with Gasteiger partial charge >= 0.3 is 5.97 Å². The van der Waals surface area contributed by atoms with E-state index in [9.17, 15) is 9.59 Å². The SMILES string of the molecule is CCOCCOc1ccccc1C(=O)N1CCOC(CN(C)CC(=O)O)C1. The number of amides is 1. The van der Waals surface area contributed by atoms with Crippen LogP contribution >= 0.6 is 0 Å². The van der Waals surface area contributed by atoms with E-state index in [1.165, 1.54) is 0 Å². The predicted molar refractivity (Wildman–Crippen MR) is 99.2 cm³/mol. The molecule has 0 aromatic heterocycles. The number of ether oxygens (including phenoxy) is 3. The lowest BCUT2D eigenvalue weighted by Crippen LogP contribution is -2.49. The van der Waals surface area contributed by atoms with Crippen LogP contribution in [0, 0.1) is 0 Å². The molecule has 150 valence electrons. The first-order valence-electron chi connectivity index (χ1n) is 9.12. The van der Waals surface area contributed by atoms with Gasteiger partial charge in [0.25, 0.3) is 5.91 Å². The van der Waals surface area contributed by atoms with Crippen molar-refractivity contribution in [2.45, 2.75) is 13.0 Å². The van der Waals surface area contributed by atoms with Crippen LogP contribution in [0.1, 0.15) is 17.3 Å². The minimum atomic E-state index is -0.889. The van der Waals surface area contributed by atoms with E-state index in [1.807, 2.05) is 13.0 Å². The van der Waals surface area contributed by atoms with Crippen LogP contribution in [0.3, 0.4) is 0 Å². The number of morpholine rings is 1. The highest BCUT2D eigenvalue weighted by atomic mass is 16.5. The van der Waals surface area contributed by atoms with E-state index in [4.69, 9.17) is 19.3 Å². The highest BCUT2D eigenvalue weighted by Crippen LogP contribution is 2.21. The molecular weight excluding hydrogens is 352 g/mol. The fraction of sp³-hybridized carbons (Fsp3) is 0.579. The van der Waals surface area contributed by atoms with Gasteiger partial charge in [-0.15, -0.1) is 0 Å². The summed E-state index contributed by atoms with van der Waals surface area (Å²) in [5, 5.41) is 8.87. The maximum Gasteiger partial charge on any atom is 0.317 e. The van der Waals surface area contributed by atoms with Crippen molar-refractivity contribution in [2.75, 3.05) is 59.7 Å². The molecule has 1 heterocycles. The zero-order valence-corrected chi connectivity index (χ0v) is 15.9. The number of para-hydroxylation sites is 1. The molecule has 1 fully saturated rings. The molecule has 0 spiro atoms. The average molecular weight is 380 g/mol. The first-order chi connectivity index (χ1) is 13.0. The number of nitrogens with zero attached hydrogens (tertiary/aromatic N) is 2. The molecule has 27 heavy (non-hydrogen) atoms. The molecule has 0 aliphatic carbocycles. The summed E-state index contributed by atoms with van der Waals surface area (Å²) in [6.07, 6.45) is -0.224. The Hall–Kier alpha value is -2.16. The van der Waals surface area contributed by atoms with Gasteiger partial charge in [-0.2, -0.15) is 0 Å². The summed E-state index contributed by atoms with van der Waals surface area (Å²) in [6.45, 7) is 5.09. The third-order valence-electron chi connectivity index (χ3n) is 4.15. The van der Waals surface area contributed by atoms with Crippen LogP contribution in [0.5, 0.6) is 5.75 Å². The molecule has 1 atom stereocenters. The van der Waals surface area contributed by atoms with Crippen molar-refractivity contribution in [2.24, 2.45) is 0 Å². The Kier molecular flexibility index (Phi) is 8.50. The van der Waals surface area contributed by atoms with Crippen LogP contribution in [0.4, 0.5) is 0 Å². The molecule has 8 heteroatoms. The third kappa shape index (κ3) is 6.82. The summed E-state index contributed by atoms with van der Waals surface area (Å²) in [5.74, 6) is -0.469. The summed E-state index contributed by atoms with van der Waals surface area (Å²) in [5.41, 5.74) is 0.508. The van der Waals surface area contributed by atoms with Gasteiger partial charge in [-0.3, -0.25) is 14.5 Å². The van der Waals surface area contributed by atoms with E-state index >= 15 is 0 Å². The Morgan fingerprint density at radius 2 is 2.11 bits per heavy atom. The molecule has 2 rings (SSSR count). The highest BCUT2D eigenvalue weighted by Gasteiger charge is 2.27. The van der Waals surface area contributed by atoms with Crippen LogP contribution in [-0.4, -0.2) is 92.5 Å². The zero-order chi connectivity index (χ0) is 19.6. The minimum Gasteiger partial charge on any atom is -0.490 e. The van der Waals surface area contributed by atoms with Gasteiger partial charge in [0.1, 0.15) is 12.4 Å². The van der Waals surface area contributed by atoms with E-state index in [-0.39, 0.29) is 18.6 Å². The van der Waals surface area contributed by atoms with Crippen molar-refractivity contribution in [3.63, 3.8) is 0 Å². The number of aliphatic carboxylic acids is 1. The van der Waals surface area contributed by atoms with Crippen molar-refractivity contribution >= 4 is 11.9 Å². The summed E-state index contributed by atoms with van der Waals surface area (Å²) >= 11 is 0. The summed E-state index contributed by atoms with van der Waals surface area (Å²) in [6, 6.07) is 7.16. The average Bonchev–Trinajstić information content (AvgIpc) is 2.64. The monoisotopic (exact) mass is 380 g/mol. The Morgan fingerprint density at radius 3 is 2.85 bits per heavy atom. The maximum absolute atomic E-state index is 13.0. The minimum absolute atomic E-state index is 0.0652. The van der Waals surface area contributed by atoms with Crippen molar-refractivity contribution in [1.82, 2.24) is 9.80 Å². The topological polar surface area (TPSA) is 88.5 Å². The number of carboxylic acids is 1. The molecule has 1 aliphatic rings. The standard InChI is InChI=1S/C19H28N2O6/c1-3-25-10-11-27-17-7-5-4-6-16(17)19(24)21-8-9-26-15(13-21)12-20(2)14-18(22)23/h4-7,15H,3,8-14H2,1-2H3,(H,22,23). The van der Waals surface area contributed by atoms with Crippen molar-refractivity contribution in [3.8, 4) is 5.75 Å². The van der Waals surface area contributed by atoms with E-state index in [0.717, 1.165) is 0 Å². The van der Waals surface area contributed by atoms with Gasteiger partial charge in [-0.1, -0.05) is 12.1 Å². The third-order valence-corrected chi connectivity index (χ3v) is 4.15. The van der Waals surface area contributed by atoms with Gasteiger partial charge in [-0.05, 0) is 26.1 Å². The van der Waals surface area contributed by atoms with Crippen LogP contribution < -0.4 is 4.74 Å². The zero-order valence-electron chi connectivity index (χ0n) is 15.9. The lowest BCUT2D eigenvalue weighted by atomic mass is 10.1. The number of hydrogen-bond acceptors (Lipinski definition) is 6. The normalized spacial score (nSPS) is 17.1. The van der Waals surface area contributed by atoms with Gasteiger partial charge in [0, 0.05) is 26.2 Å². The lowest BCUT2D eigenvalue weighted by Gasteiger charge is -2.34. The molecule has 0 bridgehead atoms. The van der Waals surface area contributed by atoms with E-state index in [2.05, 4.69) is 0 Å². The van der Waals surface area contributed by atoms with Crippen LogP contribution in [0.15, 0.2) is 24.3 Å². The Bertz CT molecular complexity index is 624. The van der Waals surface area contributed by atoms with Crippen molar-refractivity contribution < 1.29 is 28.9 Å². The smallest absolute Gasteiger partial charge is 0.317 e. The van der Waals surface area contributed by atoms with E-state index in [0.29, 0.717) is 57.4 Å². The molecule has 1 N–H and O–H groups in total. The second kappa shape index (κ2) is 10.9. The van der Waals surface area contributed by atoms with Crippen LogP contribution in [0.2, 0.25) is 0 Å². The Morgan fingerprint density at radius 1 is 1.33 bits per heavy atom. The number of rotatable bonds is 10. The number of carbonyl (C=O) groups excluding carboxylic acids is 1. The second-order valence-corrected chi connectivity index (χ2v) is 6.38. The molecule has 1 amide bonds. The molecule has 0 saturated carbocycles. The molecule has 1 aromatic carbocycles. The van der Waals surface area contributed by atoms with Gasteiger partial charge in [0.05, 0.1) is 31.4 Å². The molecule has 0 radical (unpaired) electrons. The predicted octanol–water partition coefficient (Wildman–Crippen LogP) is 0.959. The molecule has 1 aliphatic heterocycles. The number of carbonyl (C=O) groups is 2. The quantitative estimate of drug-likeness (QED) is 0.605. The Labute approximate surface area is 159 Å². The summed E-state index contributed by atoms with van der Waals surface area (Å²) in [4.78, 5) is 27.2. The number of benzene rings is 1. The fourth-order valence-corrected chi connectivity index (χ4v) is 2.95. The molecular formula is C19H28N2O6. The fourth-order valence-electron chi connectivity index (χ4n) is 2.95. The molecule has 1 aromatic rings. The summed E-state index contributed by atoms with van der Waals surface area (Å²) in [7, 11) is 1.72. The van der Waals surface area contributed by atoms with Crippen molar-refractivity contribution in [1.29, 1.82) is 0 Å². The van der Waals surface area contributed by atoms with Gasteiger partial charge < -0.3 is 24.2 Å². The number of hydrogen-bond donors (Lipinski definition) is 1. The van der Waals surface area contributed by atoms with Crippen LogP contribution in [-0.2, 0) is 14.3 Å². The number of likely N-dealkylation sites (N-methyl/N-ethyl adjacent to an activating group) is 1. The second-order valence-electron chi connectivity index (χ2n) is 6.38. The first kappa shape index (κ1) is 21.1.